The number of aromatic hydroxyl groups is 2. The number of likely N-dealkylation sites (tertiary alicyclic amines) is 1. The molecule has 0 spiro atoms. The minimum Gasteiger partial charge on any atom is -0.508 e. The largest absolute Gasteiger partial charge is 0.508 e. The van der Waals surface area contributed by atoms with Crippen molar-refractivity contribution in [2.24, 2.45) is 5.41 Å². The maximum absolute atomic E-state index is 14.1. The normalized spacial score (nSPS) is 16.6. The van der Waals surface area contributed by atoms with Gasteiger partial charge in [0.2, 0.25) is 11.8 Å². The number of rotatable bonds is 20. The third-order valence-corrected chi connectivity index (χ3v) is 13.1. The first-order chi connectivity index (χ1) is 32.2. The molecule has 1 saturated heterocycles. The van der Waals surface area contributed by atoms with E-state index in [1.807, 2.05) is 76.5 Å². The van der Waals surface area contributed by atoms with Gasteiger partial charge in [0.15, 0.2) is 0 Å². The van der Waals surface area contributed by atoms with E-state index >= 15 is 0 Å². The van der Waals surface area contributed by atoms with Gasteiger partial charge in [0.1, 0.15) is 52.5 Å². The molecule has 2 amide bonds. The number of carbonyl (C=O) groups excluding carboxylic acids is 2. The van der Waals surface area contributed by atoms with E-state index in [-0.39, 0.29) is 47.9 Å². The van der Waals surface area contributed by atoms with Crippen LogP contribution in [0.2, 0.25) is 0 Å². The Hall–Kier alpha value is -6.45. The molecule has 0 bridgehead atoms. The Morgan fingerprint density at radius 2 is 1.63 bits per heavy atom. The Balaban J connectivity index is 0.894. The van der Waals surface area contributed by atoms with Crippen LogP contribution in [-0.4, -0.2) is 74.9 Å². The number of nitrogens with zero attached hydrogens (tertiary/aromatic N) is 4. The number of amides is 2. The van der Waals surface area contributed by atoms with Crippen molar-refractivity contribution in [2.45, 2.75) is 117 Å². The van der Waals surface area contributed by atoms with E-state index in [9.17, 15) is 35.4 Å². The first-order valence-corrected chi connectivity index (χ1v) is 24.0. The number of unbranched alkanes of at least 4 members (excludes halogenated alkanes) is 7. The van der Waals surface area contributed by atoms with Crippen molar-refractivity contribution >= 4 is 34.8 Å². The maximum atomic E-state index is 14.1. The first kappa shape index (κ1) is 50.0. The maximum Gasteiger partial charge on any atom is 0.243 e. The van der Waals surface area contributed by atoms with Gasteiger partial charge in [0, 0.05) is 35.7 Å². The molecule has 3 heterocycles. The summed E-state index contributed by atoms with van der Waals surface area (Å²) in [6, 6.07) is 19.7. The minimum atomic E-state index is -0.769. The standard InChI is InChI=1S/C53H62N6O7S/c1-34(36-14-16-38(17-15-36)49-35(2)57-33-67-49)58-51(63)46-27-42(62)32-59(46)52(64)50(53(3,4)5)56-24-12-10-8-6-7-9-11-13-25-65-48-28-41(61)20-18-37(48)19-22-43-29-44(39(30-54)31-55)45-26-40(60)21-23-47(45)66-43/h14-23,26,28-29,33-34,42,46,50,56,60-62H,6-13,24-25,27,32H2,1-5H3,(H,58,63)/b22-19+/t34-,42+,46-,50+/m0/s1. The molecule has 0 aliphatic carbocycles. The molecule has 3 aromatic carbocycles. The third-order valence-electron chi connectivity index (χ3n) is 12.1. The summed E-state index contributed by atoms with van der Waals surface area (Å²) >= 11 is 1.60. The molecule has 4 atom stereocenters. The van der Waals surface area contributed by atoms with Crippen LogP contribution in [0.25, 0.3) is 22.1 Å². The molecule has 1 fully saturated rings. The molecule has 352 valence electrons. The average Bonchev–Trinajstić information content (AvgIpc) is 3.92. The number of phenols is 2. The van der Waals surface area contributed by atoms with E-state index in [2.05, 4.69) is 15.6 Å². The molecule has 13 nitrogen and oxygen atoms in total. The van der Waals surface area contributed by atoms with Gasteiger partial charge >= 0.3 is 0 Å². The number of hydrogen-bond donors (Lipinski definition) is 5. The fourth-order valence-electron chi connectivity index (χ4n) is 8.43. The van der Waals surface area contributed by atoms with Crippen LogP contribution in [-0.2, 0) is 9.59 Å². The first-order valence-electron chi connectivity index (χ1n) is 23.1. The number of carbonyl (C=O) groups is 2. The van der Waals surface area contributed by atoms with E-state index in [4.69, 9.17) is 9.47 Å². The van der Waals surface area contributed by atoms with Gasteiger partial charge in [-0.1, -0.05) is 83.6 Å². The number of ether oxygens (including phenoxy) is 2. The molecule has 0 saturated carbocycles. The summed E-state index contributed by atoms with van der Waals surface area (Å²) in [6.45, 7) is 11.3. The van der Waals surface area contributed by atoms with Crippen molar-refractivity contribution in [2.75, 3.05) is 19.7 Å². The van der Waals surface area contributed by atoms with Crippen molar-refractivity contribution in [1.29, 1.82) is 10.5 Å². The van der Waals surface area contributed by atoms with Gasteiger partial charge in [-0.3, -0.25) is 9.59 Å². The van der Waals surface area contributed by atoms with Gasteiger partial charge in [-0.2, -0.15) is 10.5 Å². The van der Waals surface area contributed by atoms with Crippen LogP contribution in [0.15, 0.2) is 89.7 Å². The topological polar surface area (TPSA) is 201 Å². The number of nitriles is 2. The number of aryl methyl sites for hydroxylation is 1. The van der Waals surface area contributed by atoms with Gasteiger partial charge in [0.05, 0.1) is 40.9 Å². The monoisotopic (exact) mass is 926 g/mol. The second-order valence-corrected chi connectivity index (χ2v) is 19.2. The lowest BCUT2D eigenvalue weighted by Gasteiger charge is -2.35. The van der Waals surface area contributed by atoms with Gasteiger partial charge in [-0.05, 0) is 98.3 Å². The number of allylic oxidation sites excluding steroid dienone is 4. The van der Waals surface area contributed by atoms with E-state index in [0.29, 0.717) is 47.1 Å². The van der Waals surface area contributed by atoms with E-state index in [1.165, 1.54) is 12.1 Å². The van der Waals surface area contributed by atoms with Crippen LogP contribution in [0.3, 0.4) is 0 Å². The Morgan fingerprint density at radius 1 is 0.955 bits per heavy atom. The van der Waals surface area contributed by atoms with Crippen LogP contribution < -0.4 is 20.1 Å². The summed E-state index contributed by atoms with van der Waals surface area (Å²) in [5, 5.41) is 56.5. The van der Waals surface area contributed by atoms with Crippen LogP contribution >= 0.6 is 11.3 Å². The summed E-state index contributed by atoms with van der Waals surface area (Å²) in [4.78, 5) is 34.8. The fourth-order valence-corrected chi connectivity index (χ4v) is 9.24. The number of nitrogens with one attached hydrogen (secondary N) is 2. The quantitative estimate of drug-likeness (QED) is 0.0417. The lowest BCUT2D eigenvalue weighted by molar-refractivity contribution is -0.142. The van der Waals surface area contributed by atoms with E-state index in [1.54, 1.807) is 58.7 Å². The lowest BCUT2D eigenvalue weighted by Crippen LogP contribution is -2.56. The highest BCUT2D eigenvalue weighted by atomic mass is 32.1. The molecule has 1 aromatic heterocycles. The molecular formula is C53H62N6O7S. The SMILES string of the molecule is Cc1ncsc1-c1ccc([C@H](C)NC(=O)[C@@H]2C[C@@H](O)CN2C(=O)[C@@H](NCCCCCCCCCCOc2cc(O)ccc2/C=C/C2=CC(=C(C#N)C#N)c3cc(O)ccc3O2)C(C)(C)C)cc1. The van der Waals surface area contributed by atoms with Crippen molar-refractivity contribution in [3.05, 3.63) is 112 Å². The highest BCUT2D eigenvalue weighted by molar-refractivity contribution is 7.13. The average molecular weight is 927 g/mol. The second kappa shape index (κ2) is 23.3. The number of aromatic nitrogens is 1. The van der Waals surface area contributed by atoms with E-state index < -0.39 is 23.6 Å². The smallest absolute Gasteiger partial charge is 0.243 e. The van der Waals surface area contributed by atoms with E-state index in [0.717, 1.165) is 73.1 Å². The van der Waals surface area contributed by atoms with Crippen LogP contribution in [0.1, 0.15) is 114 Å². The molecule has 2 aliphatic heterocycles. The molecule has 5 N–H and O–H groups in total. The fraction of sp³-hybridized carbons (Fsp3) is 0.415. The molecule has 14 heteroatoms. The molecular weight excluding hydrogens is 865 g/mol. The number of aliphatic hydroxyl groups is 1. The molecule has 0 unspecified atom stereocenters. The zero-order valence-electron chi connectivity index (χ0n) is 39.0. The Kier molecular flexibility index (Phi) is 17.4. The number of phenolic OH excluding ortho intramolecular Hbond substituents is 2. The number of thiazole rings is 1. The highest BCUT2D eigenvalue weighted by Crippen LogP contribution is 2.38. The molecule has 6 rings (SSSR count). The Morgan fingerprint density at radius 3 is 2.30 bits per heavy atom. The van der Waals surface area contributed by atoms with Crippen LogP contribution in [0.4, 0.5) is 0 Å². The summed E-state index contributed by atoms with van der Waals surface area (Å²) in [7, 11) is 0. The molecule has 2 aliphatic rings. The van der Waals surface area contributed by atoms with Crippen molar-refractivity contribution < 1.29 is 34.4 Å². The number of aliphatic hydroxyl groups excluding tert-OH is 1. The summed E-state index contributed by atoms with van der Waals surface area (Å²) in [5.74, 6) is 0.944. The number of hydrogen-bond acceptors (Lipinski definition) is 12. The molecule has 4 aromatic rings. The summed E-state index contributed by atoms with van der Waals surface area (Å²) in [5.41, 5.74) is 5.85. The predicted molar refractivity (Wildman–Crippen MR) is 261 cm³/mol. The van der Waals surface area contributed by atoms with Crippen LogP contribution in [0, 0.1) is 35.0 Å². The highest BCUT2D eigenvalue weighted by Gasteiger charge is 2.44. The predicted octanol–water partition coefficient (Wildman–Crippen LogP) is 9.66. The van der Waals surface area contributed by atoms with Gasteiger partial charge in [0.25, 0.3) is 0 Å². The second-order valence-electron chi connectivity index (χ2n) is 18.3. The minimum absolute atomic E-state index is 0.0111. The summed E-state index contributed by atoms with van der Waals surface area (Å²) in [6.07, 6.45) is 12.6. The zero-order valence-corrected chi connectivity index (χ0v) is 39.9. The summed E-state index contributed by atoms with van der Waals surface area (Å²) < 4.78 is 12.1. The number of benzene rings is 3. The molecule has 67 heavy (non-hydrogen) atoms. The van der Waals surface area contributed by atoms with Crippen LogP contribution in [0.5, 0.6) is 23.0 Å². The van der Waals surface area contributed by atoms with Gasteiger partial charge < -0.3 is 40.3 Å². The Labute approximate surface area is 398 Å². The Bertz CT molecular complexity index is 2530. The lowest BCUT2D eigenvalue weighted by atomic mass is 9.85. The van der Waals surface area contributed by atoms with Gasteiger partial charge in [-0.15, -0.1) is 11.3 Å². The number of fused-ring (bicyclic) bond motifs is 1. The van der Waals surface area contributed by atoms with Crippen molar-refractivity contribution in [3.8, 4) is 45.6 Å². The van der Waals surface area contributed by atoms with Crippen molar-refractivity contribution in [3.63, 3.8) is 0 Å². The third kappa shape index (κ3) is 13.3. The molecule has 0 radical (unpaired) electrons. The van der Waals surface area contributed by atoms with Crippen molar-refractivity contribution in [1.82, 2.24) is 20.5 Å². The van der Waals surface area contributed by atoms with Gasteiger partial charge in [-0.25, -0.2) is 4.98 Å². The zero-order chi connectivity index (χ0) is 48.1. The number of β-amino-alcohol motifs (C(OH)–C–C–N with tert-alkyl or cyclic N) is 1.